The van der Waals surface area contributed by atoms with E-state index in [4.69, 9.17) is 5.73 Å². The van der Waals surface area contributed by atoms with Crippen molar-refractivity contribution in [2.75, 3.05) is 19.6 Å². The number of nitrogens with one attached hydrogen (secondary N) is 2. The molecule has 3 amide bonds. The van der Waals surface area contributed by atoms with Gasteiger partial charge in [-0.2, -0.15) is 0 Å². The maximum Gasteiger partial charge on any atom is 0.243 e. The van der Waals surface area contributed by atoms with Gasteiger partial charge in [0.05, 0.1) is 6.10 Å². The molecule has 0 spiro atoms. The van der Waals surface area contributed by atoms with Crippen molar-refractivity contribution in [1.82, 2.24) is 15.5 Å². The number of aliphatic hydroxyl groups excluding tert-OH is 1. The average molecular weight is 505 g/mol. The zero-order valence-corrected chi connectivity index (χ0v) is 21.4. The van der Waals surface area contributed by atoms with Gasteiger partial charge >= 0.3 is 0 Å². The second-order valence-electron chi connectivity index (χ2n) is 9.99. The van der Waals surface area contributed by atoms with Crippen LogP contribution in [0.3, 0.4) is 0 Å². The summed E-state index contributed by atoms with van der Waals surface area (Å²) in [5.74, 6) is -0.817. The predicted molar refractivity (Wildman–Crippen MR) is 139 cm³/mol. The van der Waals surface area contributed by atoms with E-state index in [9.17, 15) is 19.5 Å². The van der Waals surface area contributed by atoms with Crippen molar-refractivity contribution in [2.24, 2.45) is 11.1 Å². The first kappa shape index (κ1) is 28.6. The summed E-state index contributed by atoms with van der Waals surface area (Å²) in [5.41, 5.74) is 5.75. The molecule has 8 nitrogen and oxygen atoms in total. The Hall–Kier alpha value is -2.68. The predicted octanol–water partition coefficient (Wildman–Crippen LogP) is 1.76. The van der Waals surface area contributed by atoms with Crippen molar-refractivity contribution in [1.29, 1.82) is 0 Å². The van der Waals surface area contributed by atoms with Crippen molar-refractivity contribution in [2.45, 2.75) is 58.2 Å². The van der Waals surface area contributed by atoms with Crippen molar-refractivity contribution >= 4 is 40.9 Å². The molecule has 1 aliphatic heterocycles. The molecule has 2 aromatic carbocycles. The Morgan fingerprint density at radius 3 is 2.49 bits per heavy atom. The fourth-order valence-electron chi connectivity index (χ4n) is 4.22. The van der Waals surface area contributed by atoms with Gasteiger partial charge in [0.2, 0.25) is 17.7 Å². The summed E-state index contributed by atoms with van der Waals surface area (Å²) in [4.78, 5) is 40.7. The molecule has 0 radical (unpaired) electrons. The summed E-state index contributed by atoms with van der Waals surface area (Å²) in [5, 5.41) is 17.4. The summed E-state index contributed by atoms with van der Waals surface area (Å²) in [6.07, 6.45) is 0.713. The van der Waals surface area contributed by atoms with Gasteiger partial charge in [0.1, 0.15) is 12.1 Å². The maximum atomic E-state index is 13.2. The van der Waals surface area contributed by atoms with Gasteiger partial charge in [-0.3, -0.25) is 14.4 Å². The largest absolute Gasteiger partial charge is 0.390 e. The topological polar surface area (TPSA) is 125 Å². The van der Waals surface area contributed by atoms with E-state index >= 15 is 0 Å². The van der Waals surface area contributed by atoms with Crippen LogP contribution < -0.4 is 16.4 Å². The zero-order valence-electron chi connectivity index (χ0n) is 20.6. The molecule has 1 saturated heterocycles. The molecule has 2 unspecified atom stereocenters. The molecule has 1 fully saturated rings. The summed E-state index contributed by atoms with van der Waals surface area (Å²) >= 11 is 0. The van der Waals surface area contributed by atoms with Crippen LogP contribution in [0.1, 0.15) is 39.2 Å². The highest BCUT2D eigenvalue weighted by Gasteiger charge is 2.39. The maximum absolute atomic E-state index is 13.2. The monoisotopic (exact) mass is 504 g/mol. The van der Waals surface area contributed by atoms with Gasteiger partial charge in [0.15, 0.2) is 0 Å². The number of rotatable bonds is 8. The van der Waals surface area contributed by atoms with E-state index in [0.717, 1.165) is 22.8 Å². The first-order chi connectivity index (χ1) is 16.1. The quantitative estimate of drug-likeness (QED) is 0.436. The normalized spacial score (nSPS) is 17.4. The molecule has 0 aliphatic carbocycles. The Labute approximate surface area is 213 Å². The fraction of sp³-hybridized carbons (Fsp3) is 0.500. The van der Waals surface area contributed by atoms with Crippen LogP contribution in [0.15, 0.2) is 42.5 Å². The molecule has 0 saturated carbocycles. The van der Waals surface area contributed by atoms with E-state index in [-0.39, 0.29) is 43.7 Å². The first-order valence-corrected chi connectivity index (χ1v) is 11.8. The number of hydrogen-bond acceptors (Lipinski definition) is 5. The molecule has 0 bridgehead atoms. The van der Waals surface area contributed by atoms with Crippen LogP contribution >= 0.6 is 12.4 Å². The minimum Gasteiger partial charge on any atom is -0.390 e. The Kier molecular flexibility index (Phi) is 10.1. The number of amides is 3. The number of nitrogens with two attached hydrogens (primary N) is 1. The van der Waals surface area contributed by atoms with Gasteiger partial charge in [0, 0.05) is 31.5 Å². The SMILES string of the molecule is CC(C)(C)C(=O)N1CCCC1C(=O)N[C@H](Cc1ccc2ccccc2c1)C(=O)NCC(O)CN.Cl. The third-order valence-corrected chi connectivity index (χ3v) is 6.13. The summed E-state index contributed by atoms with van der Waals surface area (Å²) in [6.45, 7) is 6.05. The van der Waals surface area contributed by atoms with E-state index in [2.05, 4.69) is 10.6 Å². The lowest BCUT2D eigenvalue weighted by molar-refractivity contribution is -0.145. The number of aliphatic hydroxyl groups is 1. The van der Waals surface area contributed by atoms with Gasteiger partial charge in [-0.1, -0.05) is 63.2 Å². The average Bonchev–Trinajstić information content (AvgIpc) is 3.30. The van der Waals surface area contributed by atoms with Crippen molar-refractivity contribution in [3.05, 3.63) is 48.0 Å². The highest BCUT2D eigenvalue weighted by atomic mass is 35.5. The third-order valence-electron chi connectivity index (χ3n) is 6.13. The smallest absolute Gasteiger partial charge is 0.243 e. The van der Waals surface area contributed by atoms with E-state index in [1.807, 2.05) is 63.2 Å². The fourth-order valence-corrected chi connectivity index (χ4v) is 4.22. The van der Waals surface area contributed by atoms with Crippen molar-refractivity contribution in [3.8, 4) is 0 Å². The van der Waals surface area contributed by atoms with Gasteiger partial charge < -0.3 is 26.4 Å². The van der Waals surface area contributed by atoms with E-state index in [0.29, 0.717) is 13.0 Å². The number of benzene rings is 2. The summed E-state index contributed by atoms with van der Waals surface area (Å²) in [7, 11) is 0. The van der Waals surface area contributed by atoms with Crippen LogP contribution in [0.2, 0.25) is 0 Å². The highest BCUT2D eigenvalue weighted by Crippen LogP contribution is 2.26. The second kappa shape index (κ2) is 12.3. The van der Waals surface area contributed by atoms with Gasteiger partial charge in [-0.05, 0) is 29.2 Å². The Morgan fingerprint density at radius 2 is 1.83 bits per heavy atom. The number of likely N-dealkylation sites (tertiary alicyclic amines) is 1. The molecule has 0 aromatic heterocycles. The Bertz CT molecular complexity index is 1040. The molecular formula is C26H37ClN4O4. The second-order valence-corrected chi connectivity index (χ2v) is 9.99. The van der Waals surface area contributed by atoms with Crippen molar-refractivity contribution < 1.29 is 19.5 Å². The standard InChI is InChI=1S/C26H36N4O4.ClH/c1-26(2,3)25(34)30-12-6-9-22(30)24(33)29-21(23(32)28-16-20(31)15-27)14-17-10-11-18-7-4-5-8-19(18)13-17;/h4-5,7-8,10-11,13,20-22,31H,6,9,12,14-16,27H2,1-3H3,(H,28,32)(H,29,33);1H/t20?,21-,22?;/m1./s1. The molecule has 1 aliphatic rings. The lowest BCUT2D eigenvalue weighted by Gasteiger charge is -2.31. The number of nitrogens with zero attached hydrogens (tertiary/aromatic N) is 1. The minimum atomic E-state index is -0.865. The van der Waals surface area contributed by atoms with E-state index < -0.39 is 29.5 Å². The third kappa shape index (κ3) is 7.40. The van der Waals surface area contributed by atoms with E-state index in [1.54, 1.807) is 4.90 Å². The Balaban J connectivity index is 0.00000432. The van der Waals surface area contributed by atoms with Gasteiger partial charge in [-0.25, -0.2) is 0 Å². The lowest BCUT2D eigenvalue weighted by Crippen LogP contribution is -2.55. The zero-order chi connectivity index (χ0) is 24.9. The number of carbonyl (C=O) groups excluding carboxylic acids is 3. The van der Waals surface area contributed by atoms with Gasteiger partial charge in [-0.15, -0.1) is 12.4 Å². The number of hydrogen-bond donors (Lipinski definition) is 4. The van der Waals surface area contributed by atoms with Crippen molar-refractivity contribution in [3.63, 3.8) is 0 Å². The van der Waals surface area contributed by atoms with Crippen LogP contribution in [0.5, 0.6) is 0 Å². The minimum absolute atomic E-state index is 0. The molecular weight excluding hydrogens is 468 g/mol. The van der Waals surface area contributed by atoms with Crippen LogP contribution in [-0.4, -0.2) is 65.5 Å². The molecule has 3 rings (SSSR count). The number of fused-ring (bicyclic) bond motifs is 1. The molecule has 192 valence electrons. The highest BCUT2D eigenvalue weighted by molar-refractivity contribution is 5.93. The van der Waals surface area contributed by atoms with Crippen LogP contribution in [-0.2, 0) is 20.8 Å². The number of halogens is 1. The Morgan fingerprint density at radius 1 is 1.14 bits per heavy atom. The lowest BCUT2D eigenvalue weighted by atomic mass is 9.94. The summed E-state index contributed by atoms with van der Waals surface area (Å²) < 4.78 is 0. The first-order valence-electron chi connectivity index (χ1n) is 11.8. The molecule has 9 heteroatoms. The molecule has 5 N–H and O–H groups in total. The van der Waals surface area contributed by atoms with Crippen LogP contribution in [0, 0.1) is 5.41 Å². The summed E-state index contributed by atoms with van der Waals surface area (Å²) in [6, 6.07) is 12.4. The number of carbonyl (C=O) groups is 3. The van der Waals surface area contributed by atoms with Crippen LogP contribution in [0.25, 0.3) is 10.8 Å². The van der Waals surface area contributed by atoms with E-state index in [1.165, 1.54) is 0 Å². The molecule has 35 heavy (non-hydrogen) atoms. The molecule has 3 atom stereocenters. The van der Waals surface area contributed by atoms with Crippen LogP contribution in [0.4, 0.5) is 0 Å². The molecule has 1 heterocycles. The molecule has 2 aromatic rings. The van der Waals surface area contributed by atoms with Gasteiger partial charge in [0.25, 0.3) is 0 Å².